The van der Waals surface area contributed by atoms with Crippen molar-refractivity contribution < 1.29 is 4.42 Å². The lowest BCUT2D eigenvalue weighted by Crippen LogP contribution is -1.98. The van der Waals surface area contributed by atoms with Gasteiger partial charge in [-0.15, -0.1) is 0 Å². The highest BCUT2D eigenvalue weighted by molar-refractivity contribution is 6.24. The highest BCUT2D eigenvalue weighted by Gasteiger charge is 2.24. The Morgan fingerprint density at radius 2 is 0.983 bits per heavy atom. The molecule has 274 valence electrons. The summed E-state index contributed by atoms with van der Waals surface area (Å²) in [5, 5.41) is 12.0. The largest absolute Gasteiger partial charge is 0.456 e. The van der Waals surface area contributed by atoms with Gasteiger partial charge in [0.05, 0.1) is 27.8 Å². The van der Waals surface area contributed by atoms with E-state index in [1.54, 1.807) is 0 Å². The van der Waals surface area contributed by atoms with Gasteiger partial charge in [-0.2, -0.15) is 0 Å². The number of hydrogen-bond donors (Lipinski definition) is 0. The van der Waals surface area contributed by atoms with Gasteiger partial charge in [0.2, 0.25) is 0 Å². The summed E-state index contributed by atoms with van der Waals surface area (Å²) >= 11 is 0. The van der Waals surface area contributed by atoms with Crippen molar-refractivity contribution in [1.29, 1.82) is 0 Å². The summed E-state index contributed by atoms with van der Waals surface area (Å²) in [6.07, 6.45) is 0. The Balaban J connectivity index is 1.21. The highest BCUT2D eigenvalue weighted by Crippen LogP contribution is 2.46. The van der Waals surface area contributed by atoms with E-state index in [1.807, 2.05) is 0 Å². The molecule has 0 amide bonds. The molecule has 3 heteroatoms. The number of rotatable bonds is 4. The fourth-order valence-electron chi connectivity index (χ4n) is 9.85. The van der Waals surface area contributed by atoms with Gasteiger partial charge in [-0.05, 0) is 105 Å². The van der Waals surface area contributed by atoms with Gasteiger partial charge in [0.15, 0.2) is 0 Å². The Hall–Kier alpha value is -7.88. The molecule has 0 bridgehead atoms. The van der Waals surface area contributed by atoms with Crippen LogP contribution in [-0.2, 0) is 0 Å². The van der Waals surface area contributed by atoms with Crippen LogP contribution in [0, 0.1) is 0 Å². The van der Waals surface area contributed by atoms with Crippen LogP contribution < -0.4 is 0 Å². The van der Waals surface area contributed by atoms with E-state index in [-0.39, 0.29) is 0 Å². The fourth-order valence-corrected chi connectivity index (χ4v) is 9.85. The van der Waals surface area contributed by atoms with Crippen LogP contribution in [0.2, 0.25) is 0 Å². The maximum atomic E-state index is 6.83. The zero-order valence-electron chi connectivity index (χ0n) is 31.9. The van der Waals surface area contributed by atoms with Crippen molar-refractivity contribution in [3.63, 3.8) is 0 Å². The van der Waals surface area contributed by atoms with Gasteiger partial charge in [0.1, 0.15) is 11.2 Å². The minimum absolute atomic E-state index is 0.865. The molecular weight excluding hydrogens is 717 g/mol. The molecule has 3 nitrogen and oxygen atoms in total. The van der Waals surface area contributed by atoms with Crippen LogP contribution in [-0.4, -0.2) is 9.13 Å². The van der Waals surface area contributed by atoms with Crippen LogP contribution in [0.25, 0.3) is 121 Å². The van der Waals surface area contributed by atoms with Crippen molar-refractivity contribution in [3.05, 3.63) is 206 Å². The summed E-state index contributed by atoms with van der Waals surface area (Å²) in [6.45, 7) is 0. The number of para-hydroxylation sites is 2. The molecule has 0 saturated heterocycles. The molecule has 3 aromatic heterocycles. The zero-order valence-corrected chi connectivity index (χ0v) is 31.9. The average molecular weight is 751 g/mol. The second-order valence-electron chi connectivity index (χ2n) is 15.7. The zero-order chi connectivity index (χ0) is 38.6. The maximum absolute atomic E-state index is 6.83. The van der Waals surface area contributed by atoms with Crippen LogP contribution in [0.5, 0.6) is 0 Å². The van der Waals surface area contributed by atoms with E-state index in [9.17, 15) is 0 Å². The van der Waals surface area contributed by atoms with Crippen molar-refractivity contribution in [1.82, 2.24) is 9.13 Å². The third kappa shape index (κ3) is 4.70. The number of benzene rings is 10. The first-order valence-corrected chi connectivity index (χ1v) is 20.3. The Morgan fingerprint density at radius 1 is 0.305 bits per heavy atom. The third-order valence-electron chi connectivity index (χ3n) is 12.5. The number of furan rings is 1. The molecule has 0 N–H and O–H groups in total. The predicted molar refractivity (Wildman–Crippen MR) is 248 cm³/mol. The fraction of sp³-hybridized carbons (Fsp3) is 0. The first-order valence-electron chi connectivity index (χ1n) is 20.3. The number of nitrogens with zero attached hydrogens (tertiary/aromatic N) is 2. The molecule has 0 unspecified atom stereocenters. The Bertz CT molecular complexity index is 3830. The highest BCUT2D eigenvalue weighted by atomic mass is 16.3. The van der Waals surface area contributed by atoms with Crippen LogP contribution >= 0.6 is 0 Å². The van der Waals surface area contributed by atoms with E-state index in [2.05, 4.69) is 215 Å². The lowest BCUT2D eigenvalue weighted by atomic mass is 9.95. The smallest absolute Gasteiger partial charge is 0.136 e. The molecule has 0 spiro atoms. The standard InChI is InChI=1S/C56H34N2O/c1-3-14-35(15-4-1)39-27-29-53-45(30-39)46-33-52(58-50-28-26-36-16-9-10-21-41(36)55(50)47-31-37-17-7-8-18-38(37)32-51(47)58)44(34-54(46)59-53)42-23-13-25-49-56(42)43-22-11-12-24-48(43)57(49)40-19-5-2-6-20-40/h1-34H. The molecule has 0 atom stereocenters. The quantitative estimate of drug-likeness (QED) is 0.176. The van der Waals surface area contributed by atoms with Gasteiger partial charge >= 0.3 is 0 Å². The van der Waals surface area contributed by atoms with Gasteiger partial charge in [0.25, 0.3) is 0 Å². The molecule has 13 aromatic rings. The SMILES string of the molecule is c1ccc(-c2ccc3oc4cc(-c5cccc6c5c5ccccc5n6-c5ccccc5)c(-n5c6cc7ccccc7cc6c6c7ccccc7ccc65)cc4c3c2)cc1. The lowest BCUT2D eigenvalue weighted by molar-refractivity contribution is 0.669. The minimum atomic E-state index is 0.865. The topological polar surface area (TPSA) is 23.0 Å². The second-order valence-corrected chi connectivity index (χ2v) is 15.7. The Labute approximate surface area is 339 Å². The molecule has 0 aliphatic rings. The van der Waals surface area contributed by atoms with Gasteiger partial charge in [0, 0.05) is 43.6 Å². The van der Waals surface area contributed by atoms with E-state index < -0.39 is 0 Å². The average Bonchev–Trinajstić information content (AvgIpc) is 3.95. The summed E-state index contributed by atoms with van der Waals surface area (Å²) in [5.41, 5.74) is 13.3. The molecule has 59 heavy (non-hydrogen) atoms. The molecule has 0 fully saturated rings. The molecule has 10 aromatic carbocycles. The van der Waals surface area contributed by atoms with Gasteiger partial charge in [-0.3, -0.25) is 0 Å². The second kappa shape index (κ2) is 12.3. The molecule has 0 aliphatic carbocycles. The van der Waals surface area contributed by atoms with Crippen LogP contribution in [0.1, 0.15) is 0 Å². The predicted octanol–water partition coefficient (Wildman–Crippen LogP) is 15.4. The van der Waals surface area contributed by atoms with Crippen LogP contribution in [0.15, 0.2) is 211 Å². The molecule has 0 radical (unpaired) electrons. The van der Waals surface area contributed by atoms with E-state index in [0.717, 1.165) is 50.0 Å². The van der Waals surface area contributed by atoms with Crippen molar-refractivity contribution in [2.45, 2.75) is 0 Å². The van der Waals surface area contributed by atoms with Crippen molar-refractivity contribution >= 4 is 87.1 Å². The van der Waals surface area contributed by atoms with E-state index in [0.29, 0.717) is 0 Å². The maximum Gasteiger partial charge on any atom is 0.136 e. The summed E-state index contributed by atoms with van der Waals surface area (Å²) < 4.78 is 11.7. The summed E-state index contributed by atoms with van der Waals surface area (Å²) in [7, 11) is 0. The summed E-state index contributed by atoms with van der Waals surface area (Å²) in [6, 6.07) is 75.1. The first kappa shape index (κ1) is 32.2. The summed E-state index contributed by atoms with van der Waals surface area (Å²) in [4.78, 5) is 0. The van der Waals surface area contributed by atoms with Crippen LogP contribution in [0.4, 0.5) is 0 Å². The number of fused-ring (bicyclic) bond motifs is 12. The molecular formula is C56H34N2O. The van der Waals surface area contributed by atoms with Gasteiger partial charge in [-0.25, -0.2) is 0 Å². The molecule has 0 saturated carbocycles. The van der Waals surface area contributed by atoms with E-state index in [4.69, 9.17) is 4.42 Å². The summed E-state index contributed by atoms with van der Waals surface area (Å²) in [5.74, 6) is 0. The van der Waals surface area contributed by atoms with Crippen molar-refractivity contribution in [3.8, 4) is 33.6 Å². The molecule has 13 rings (SSSR count). The van der Waals surface area contributed by atoms with Crippen molar-refractivity contribution in [2.75, 3.05) is 0 Å². The minimum Gasteiger partial charge on any atom is -0.456 e. The number of hydrogen-bond acceptors (Lipinski definition) is 1. The van der Waals surface area contributed by atoms with Gasteiger partial charge < -0.3 is 13.6 Å². The van der Waals surface area contributed by atoms with Gasteiger partial charge in [-0.1, -0.05) is 140 Å². The Morgan fingerprint density at radius 3 is 1.83 bits per heavy atom. The Kier molecular flexibility index (Phi) is 6.72. The monoisotopic (exact) mass is 750 g/mol. The normalized spacial score (nSPS) is 12.1. The van der Waals surface area contributed by atoms with Crippen LogP contribution in [0.3, 0.4) is 0 Å². The lowest BCUT2D eigenvalue weighted by Gasteiger charge is -2.16. The first-order chi connectivity index (χ1) is 29.3. The third-order valence-corrected chi connectivity index (χ3v) is 12.5. The van der Waals surface area contributed by atoms with E-state index in [1.165, 1.54) is 70.8 Å². The molecule has 3 heterocycles. The van der Waals surface area contributed by atoms with E-state index >= 15 is 0 Å². The van der Waals surface area contributed by atoms with Crippen molar-refractivity contribution in [2.24, 2.45) is 0 Å². The molecule has 0 aliphatic heterocycles. The number of aromatic nitrogens is 2.